The number of terminal acetylenes is 1. The maximum Gasteiger partial charge on any atom is 0.325 e. The predicted molar refractivity (Wildman–Crippen MR) is 29.1 cm³/mol. The number of rotatable bonds is 2. The Balaban J connectivity index is 3.40. The Labute approximate surface area is 52.9 Å². The molecule has 0 rings (SSSR count). The quantitative estimate of drug-likeness (QED) is 0.414. The molecule has 4 heteroatoms. The number of hydrogen-bond donors (Lipinski definition) is 1. The molecule has 0 aromatic rings. The minimum atomic E-state index is -0.604. The van der Waals surface area contributed by atoms with Gasteiger partial charge in [0.2, 0.25) is 0 Å². The molecule has 50 valence electrons. The lowest BCUT2D eigenvalue weighted by Crippen LogP contribution is -2.22. The van der Waals surface area contributed by atoms with Gasteiger partial charge in [0.1, 0.15) is 6.54 Å². The Kier molecular flexibility index (Phi) is 3.44. The number of hydrogen-bond acceptors (Lipinski definition) is 4. The number of hydroxylamine groups is 2. The first kappa shape index (κ1) is 7.95. The Morgan fingerprint density at radius 3 is 2.89 bits per heavy atom. The molecule has 0 radical (unpaired) electrons. The van der Waals surface area contributed by atoms with Gasteiger partial charge in [-0.25, -0.2) is 0 Å². The van der Waals surface area contributed by atoms with Crippen molar-refractivity contribution in [2.45, 2.75) is 6.92 Å². The van der Waals surface area contributed by atoms with Gasteiger partial charge in [-0.05, 0) is 5.23 Å². The molecule has 0 atom stereocenters. The fourth-order valence-electron chi connectivity index (χ4n) is 0.259. The van der Waals surface area contributed by atoms with Crippen LogP contribution in [0.1, 0.15) is 6.92 Å². The normalized spacial score (nSPS) is 8.67. The van der Waals surface area contributed by atoms with E-state index >= 15 is 0 Å². The molecule has 0 saturated carbocycles. The van der Waals surface area contributed by atoms with Gasteiger partial charge in [0.05, 0.1) is 0 Å². The van der Waals surface area contributed by atoms with Crippen LogP contribution in [0, 0.1) is 12.3 Å². The molecule has 0 amide bonds. The van der Waals surface area contributed by atoms with Gasteiger partial charge >= 0.3 is 5.97 Å². The van der Waals surface area contributed by atoms with E-state index in [1.807, 2.05) is 0 Å². The van der Waals surface area contributed by atoms with E-state index < -0.39 is 5.97 Å². The first-order valence-electron chi connectivity index (χ1n) is 2.25. The molecule has 0 aliphatic rings. The van der Waals surface area contributed by atoms with Gasteiger partial charge in [-0.1, -0.05) is 5.92 Å². The van der Waals surface area contributed by atoms with Crippen molar-refractivity contribution in [3.8, 4) is 12.3 Å². The van der Waals surface area contributed by atoms with Gasteiger partial charge in [-0.15, -0.1) is 6.42 Å². The van der Waals surface area contributed by atoms with Gasteiger partial charge in [0.15, 0.2) is 0 Å². The van der Waals surface area contributed by atoms with Crippen LogP contribution in [0.4, 0.5) is 0 Å². The Morgan fingerprint density at radius 2 is 2.56 bits per heavy atom. The first-order chi connectivity index (χ1) is 4.16. The standard InChI is InChI=1S/C5H7NO3/c1-3-4-6(8)9-5(2)7/h1,8H,4H2,2H3. The number of carbonyl (C=O) groups excluding carboxylic acids is 1. The van der Waals surface area contributed by atoms with Crippen LogP contribution >= 0.6 is 0 Å². The highest BCUT2D eigenvalue weighted by Gasteiger charge is 1.99. The van der Waals surface area contributed by atoms with Crippen molar-refractivity contribution < 1.29 is 14.8 Å². The van der Waals surface area contributed by atoms with Crippen LogP contribution in [0.15, 0.2) is 0 Å². The van der Waals surface area contributed by atoms with Crippen LogP contribution in [-0.4, -0.2) is 22.9 Å². The molecular formula is C5H7NO3. The summed E-state index contributed by atoms with van der Waals surface area (Å²) in [6.07, 6.45) is 4.76. The second-order valence-corrected chi connectivity index (χ2v) is 1.30. The zero-order valence-electron chi connectivity index (χ0n) is 5.00. The summed E-state index contributed by atoms with van der Waals surface area (Å²) < 4.78 is 0. The summed E-state index contributed by atoms with van der Waals surface area (Å²) in [7, 11) is 0. The van der Waals surface area contributed by atoms with Crippen molar-refractivity contribution in [3.05, 3.63) is 0 Å². The SMILES string of the molecule is C#CCN(O)OC(C)=O. The van der Waals surface area contributed by atoms with Crippen LogP contribution in [0.2, 0.25) is 0 Å². The molecule has 0 heterocycles. The molecule has 0 unspecified atom stereocenters. The van der Waals surface area contributed by atoms with Crippen LogP contribution in [0.3, 0.4) is 0 Å². The highest BCUT2D eigenvalue weighted by Crippen LogP contribution is 1.81. The first-order valence-corrected chi connectivity index (χ1v) is 2.25. The van der Waals surface area contributed by atoms with E-state index in [1.54, 1.807) is 0 Å². The smallest absolute Gasteiger partial charge is 0.325 e. The molecule has 0 fully saturated rings. The minimum Gasteiger partial charge on any atom is -0.342 e. The Bertz CT molecular complexity index is 138. The average Bonchev–Trinajstić information content (AvgIpc) is 1.63. The lowest BCUT2D eigenvalue weighted by atomic mass is 10.7. The van der Waals surface area contributed by atoms with E-state index in [2.05, 4.69) is 10.8 Å². The van der Waals surface area contributed by atoms with Crippen LogP contribution in [0.25, 0.3) is 0 Å². The van der Waals surface area contributed by atoms with Crippen molar-refractivity contribution in [3.63, 3.8) is 0 Å². The van der Waals surface area contributed by atoms with Crippen molar-refractivity contribution in [1.29, 1.82) is 0 Å². The maximum absolute atomic E-state index is 10.0. The largest absolute Gasteiger partial charge is 0.342 e. The molecule has 9 heavy (non-hydrogen) atoms. The summed E-state index contributed by atoms with van der Waals surface area (Å²) in [4.78, 5) is 14.1. The Morgan fingerprint density at radius 1 is 2.00 bits per heavy atom. The summed E-state index contributed by atoms with van der Waals surface area (Å²) in [6, 6.07) is 0. The van der Waals surface area contributed by atoms with Gasteiger partial charge in [-0.2, -0.15) is 0 Å². The average molecular weight is 129 g/mol. The molecule has 0 aliphatic heterocycles. The van der Waals surface area contributed by atoms with Gasteiger partial charge in [0, 0.05) is 6.92 Å². The third kappa shape index (κ3) is 4.81. The monoisotopic (exact) mass is 129 g/mol. The zero-order valence-corrected chi connectivity index (χ0v) is 5.00. The fraction of sp³-hybridized carbons (Fsp3) is 0.400. The summed E-state index contributed by atoms with van der Waals surface area (Å²) >= 11 is 0. The second kappa shape index (κ2) is 3.89. The third-order valence-corrected chi connectivity index (χ3v) is 0.460. The van der Waals surface area contributed by atoms with E-state index in [9.17, 15) is 4.79 Å². The lowest BCUT2D eigenvalue weighted by molar-refractivity contribution is -0.309. The maximum atomic E-state index is 10.0. The van der Waals surface area contributed by atoms with Gasteiger partial charge in [0.25, 0.3) is 0 Å². The van der Waals surface area contributed by atoms with E-state index in [1.165, 1.54) is 6.92 Å². The lowest BCUT2D eigenvalue weighted by Gasteiger charge is -2.07. The fourth-order valence-corrected chi connectivity index (χ4v) is 0.259. The molecule has 1 N–H and O–H groups in total. The topological polar surface area (TPSA) is 49.8 Å². The van der Waals surface area contributed by atoms with E-state index in [0.29, 0.717) is 5.23 Å². The van der Waals surface area contributed by atoms with Crippen LogP contribution in [0.5, 0.6) is 0 Å². The minimum absolute atomic E-state index is 0.125. The predicted octanol–water partition coefficient (Wildman–Crippen LogP) is -0.211. The van der Waals surface area contributed by atoms with Crippen LogP contribution < -0.4 is 0 Å². The molecule has 0 aromatic heterocycles. The third-order valence-electron chi connectivity index (χ3n) is 0.460. The highest BCUT2D eigenvalue weighted by molar-refractivity contribution is 5.65. The van der Waals surface area contributed by atoms with Crippen molar-refractivity contribution >= 4 is 5.97 Å². The molecular weight excluding hydrogens is 122 g/mol. The number of nitrogens with zero attached hydrogens (tertiary/aromatic N) is 1. The van der Waals surface area contributed by atoms with Crippen molar-refractivity contribution in [2.24, 2.45) is 0 Å². The summed E-state index contributed by atoms with van der Waals surface area (Å²) in [5.74, 6) is 1.47. The zero-order chi connectivity index (χ0) is 7.28. The second-order valence-electron chi connectivity index (χ2n) is 1.30. The summed E-state index contributed by atoms with van der Waals surface area (Å²) in [5, 5.41) is 8.76. The van der Waals surface area contributed by atoms with E-state index in [0.717, 1.165) is 0 Å². The van der Waals surface area contributed by atoms with Gasteiger partial charge < -0.3 is 4.84 Å². The van der Waals surface area contributed by atoms with Crippen molar-refractivity contribution in [1.82, 2.24) is 5.23 Å². The van der Waals surface area contributed by atoms with E-state index in [-0.39, 0.29) is 6.54 Å². The molecule has 4 nitrogen and oxygen atoms in total. The van der Waals surface area contributed by atoms with Crippen LogP contribution in [-0.2, 0) is 9.63 Å². The highest BCUT2D eigenvalue weighted by atomic mass is 16.9. The molecule has 0 spiro atoms. The summed E-state index contributed by atoms with van der Waals surface area (Å²) in [6.45, 7) is 1.04. The Hall–Kier alpha value is -1.05. The van der Waals surface area contributed by atoms with Gasteiger partial charge in [-0.3, -0.25) is 10.0 Å². The molecule has 0 saturated heterocycles. The molecule has 0 bridgehead atoms. The van der Waals surface area contributed by atoms with Crippen molar-refractivity contribution in [2.75, 3.05) is 6.54 Å². The summed E-state index contributed by atoms with van der Waals surface area (Å²) in [5.41, 5.74) is 0. The molecule has 0 aromatic carbocycles. The van der Waals surface area contributed by atoms with E-state index in [4.69, 9.17) is 11.6 Å². The molecule has 0 aliphatic carbocycles. The number of carbonyl (C=O) groups is 1.